The van der Waals surface area contributed by atoms with Crippen LogP contribution in [0.25, 0.3) is 0 Å². The molecule has 1 aromatic carbocycles. The van der Waals surface area contributed by atoms with Crippen LogP contribution in [0.5, 0.6) is 0 Å². The molecule has 0 unspecified atom stereocenters. The maximum absolute atomic E-state index is 11.4. The lowest BCUT2D eigenvalue weighted by Gasteiger charge is -2.07. The molecule has 0 aliphatic carbocycles. The van der Waals surface area contributed by atoms with Gasteiger partial charge in [0.2, 0.25) is 0 Å². The summed E-state index contributed by atoms with van der Waals surface area (Å²) in [7, 11) is 1.37. The van der Waals surface area contributed by atoms with E-state index in [-0.39, 0.29) is 18.4 Å². The largest absolute Gasteiger partial charge is 0.469 e. The smallest absolute Gasteiger partial charge is 0.310 e. The zero-order valence-corrected chi connectivity index (χ0v) is 12.7. The second kappa shape index (κ2) is 7.94. The third-order valence-electron chi connectivity index (χ3n) is 2.52. The van der Waals surface area contributed by atoms with E-state index in [1.165, 1.54) is 7.11 Å². The summed E-state index contributed by atoms with van der Waals surface area (Å²) in [6.45, 7) is 2.16. The highest BCUT2D eigenvalue weighted by molar-refractivity contribution is 9.10. The van der Waals surface area contributed by atoms with Gasteiger partial charge < -0.3 is 9.47 Å². The first-order valence-corrected chi connectivity index (χ1v) is 6.85. The number of hydrogen-bond donors (Lipinski definition) is 0. The lowest BCUT2D eigenvalue weighted by Crippen LogP contribution is -2.08. The Morgan fingerprint density at radius 3 is 2.47 bits per heavy atom. The van der Waals surface area contributed by atoms with E-state index in [0.29, 0.717) is 19.4 Å². The van der Waals surface area contributed by atoms with Crippen molar-refractivity contribution in [2.24, 2.45) is 0 Å². The molecule has 0 heterocycles. The van der Waals surface area contributed by atoms with E-state index in [0.717, 1.165) is 15.6 Å². The zero-order chi connectivity index (χ0) is 14.3. The molecule has 1 aromatic rings. The fourth-order valence-corrected chi connectivity index (χ4v) is 2.28. The minimum absolute atomic E-state index is 0.235. The quantitative estimate of drug-likeness (QED) is 0.753. The Morgan fingerprint density at radius 2 is 1.84 bits per heavy atom. The number of esters is 2. The van der Waals surface area contributed by atoms with Crippen molar-refractivity contribution in [1.82, 2.24) is 0 Å². The molecule has 104 valence electrons. The molecule has 19 heavy (non-hydrogen) atoms. The maximum atomic E-state index is 11.4. The van der Waals surface area contributed by atoms with Gasteiger partial charge in [-0.25, -0.2) is 0 Å². The molecule has 0 aliphatic heterocycles. The van der Waals surface area contributed by atoms with Crippen LogP contribution in [0.15, 0.2) is 22.7 Å². The predicted molar refractivity (Wildman–Crippen MR) is 74.8 cm³/mol. The van der Waals surface area contributed by atoms with Crippen molar-refractivity contribution in [3.8, 4) is 0 Å². The Morgan fingerprint density at radius 1 is 1.16 bits per heavy atom. The second-order valence-corrected chi connectivity index (χ2v) is 4.94. The molecule has 1 rings (SSSR count). The monoisotopic (exact) mass is 328 g/mol. The molecule has 0 aliphatic rings. The van der Waals surface area contributed by atoms with Crippen molar-refractivity contribution in [3.63, 3.8) is 0 Å². The zero-order valence-electron chi connectivity index (χ0n) is 11.1. The van der Waals surface area contributed by atoms with Crippen LogP contribution in [-0.2, 0) is 31.9 Å². The van der Waals surface area contributed by atoms with E-state index >= 15 is 0 Å². The maximum Gasteiger partial charge on any atom is 0.310 e. The number of hydrogen-bond acceptors (Lipinski definition) is 4. The van der Waals surface area contributed by atoms with Crippen LogP contribution in [0, 0.1) is 0 Å². The molecule has 0 N–H and O–H groups in total. The van der Waals surface area contributed by atoms with E-state index in [2.05, 4.69) is 20.7 Å². The number of benzene rings is 1. The normalized spacial score (nSPS) is 10.1. The molecule has 0 radical (unpaired) electrons. The Hall–Kier alpha value is -1.36. The average Bonchev–Trinajstić information content (AvgIpc) is 2.35. The van der Waals surface area contributed by atoms with Crippen LogP contribution in [0.1, 0.15) is 24.5 Å². The van der Waals surface area contributed by atoms with Gasteiger partial charge in [-0.2, -0.15) is 0 Å². The molecular formula is C14H17BrO4. The third kappa shape index (κ3) is 5.87. The van der Waals surface area contributed by atoms with E-state index in [4.69, 9.17) is 4.74 Å². The van der Waals surface area contributed by atoms with Crippen LogP contribution in [0.4, 0.5) is 0 Å². The number of aryl methyl sites for hydroxylation is 1. The van der Waals surface area contributed by atoms with Crippen molar-refractivity contribution in [2.75, 3.05) is 13.7 Å². The Kier molecular flexibility index (Phi) is 6.56. The van der Waals surface area contributed by atoms with E-state index in [1.54, 1.807) is 6.92 Å². The Balaban J connectivity index is 2.70. The second-order valence-electron chi connectivity index (χ2n) is 4.03. The summed E-state index contributed by atoms with van der Waals surface area (Å²) in [4.78, 5) is 22.5. The third-order valence-corrected chi connectivity index (χ3v) is 2.97. The van der Waals surface area contributed by atoms with Crippen molar-refractivity contribution in [2.45, 2.75) is 26.2 Å². The van der Waals surface area contributed by atoms with Gasteiger partial charge >= 0.3 is 11.9 Å². The Labute approximate surface area is 121 Å². The molecule has 0 amide bonds. The van der Waals surface area contributed by atoms with Crippen molar-refractivity contribution in [1.29, 1.82) is 0 Å². The van der Waals surface area contributed by atoms with Crippen LogP contribution < -0.4 is 0 Å². The van der Waals surface area contributed by atoms with Crippen LogP contribution in [0.3, 0.4) is 0 Å². The Bertz CT molecular complexity index is 457. The van der Waals surface area contributed by atoms with Gasteiger partial charge in [-0.3, -0.25) is 9.59 Å². The summed E-state index contributed by atoms with van der Waals surface area (Å²) < 4.78 is 10.4. The van der Waals surface area contributed by atoms with Crippen molar-refractivity contribution >= 4 is 27.9 Å². The van der Waals surface area contributed by atoms with Gasteiger partial charge in [-0.15, -0.1) is 0 Å². The highest BCUT2D eigenvalue weighted by Crippen LogP contribution is 2.18. The topological polar surface area (TPSA) is 52.6 Å². The van der Waals surface area contributed by atoms with Gasteiger partial charge in [0, 0.05) is 10.9 Å². The van der Waals surface area contributed by atoms with Gasteiger partial charge in [-0.1, -0.05) is 22.0 Å². The number of methoxy groups -OCH3 is 1. The highest BCUT2D eigenvalue weighted by Gasteiger charge is 2.08. The fraction of sp³-hybridized carbons (Fsp3) is 0.429. The number of rotatable bonds is 6. The summed E-state index contributed by atoms with van der Waals surface area (Å²) in [6, 6.07) is 5.71. The summed E-state index contributed by atoms with van der Waals surface area (Å²) in [6.07, 6.45) is 1.15. The lowest BCUT2D eigenvalue weighted by molar-refractivity contribution is -0.142. The first kappa shape index (κ1) is 15.7. The lowest BCUT2D eigenvalue weighted by atomic mass is 10.0. The minimum Gasteiger partial charge on any atom is -0.469 e. The molecule has 4 nitrogen and oxygen atoms in total. The summed E-state index contributed by atoms with van der Waals surface area (Å²) in [5, 5.41) is 0. The molecular weight excluding hydrogens is 312 g/mol. The standard InChI is InChI=1S/C14H17BrO4/c1-3-19-14(17)9-11-6-10(7-12(15)8-11)4-5-13(16)18-2/h6-8H,3-5,9H2,1-2H3. The first-order chi connectivity index (χ1) is 9.05. The van der Waals surface area contributed by atoms with Crippen LogP contribution >= 0.6 is 15.9 Å². The molecule has 0 saturated heterocycles. The molecule has 0 spiro atoms. The summed E-state index contributed by atoms with van der Waals surface area (Å²) >= 11 is 3.40. The molecule has 0 fully saturated rings. The summed E-state index contributed by atoms with van der Waals surface area (Å²) in [5.41, 5.74) is 1.85. The minimum atomic E-state index is -0.250. The van der Waals surface area contributed by atoms with Crippen molar-refractivity contribution in [3.05, 3.63) is 33.8 Å². The molecule has 0 bridgehead atoms. The molecule has 0 saturated carbocycles. The van der Waals surface area contributed by atoms with Crippen molar-refractivity contribution < 1.29 is 19.1 Å². The van der Waals surface area contributed by atoms with Crippen LogP contribution in [-0.4, -0.2) is 25.7 Å². The predicted octanol–water partition coefficient (Wildman–Crippen LogP) is 2.66. The SMILES string of the molecule is CCOC(=O)Cc1cc(Br)cc(CCC(=O)OC)c1. The van der Waals surface area contributed by atoms with Gasteiger partial charge in [0.05, 0.1) is 20.1 Å². The first-order valence-electron chi connectivity index (χ1n) is 6.06. The van der Waals surface area contributed by atoms with E-state index < -0.39 is 0 Å². The molecule has 0 aromatic heterocycles. The number of ether oxygens (including phenoxy) is 2. The molecule has 5 heteroatoms. The number of halogens is 1. The number of carbonyl (C=O) groups excluding carboxylic acids is 2. The van der Waals surface area contributed by atoms with Gasteiger partial charge in [-0.05, 0) is 36.6 Å². The van der Waals surface area contributed by atoms with Gasteiger partial charge in [0.15, 0.2) is 0 Å². The van der Waals surface area contributed by atoms with Crippen LogP contribution in [0.2, 0.25) is 0 Å². The molecule has 0 atom stereocenters. The highest BCUT2D eigenvalue weighted by atomic mass is 79.9. The van der Waals surface area contributed by atoms with E-state index in [9.17, 15) is 9.59 Å². The van der Waals surface area contributed by atoms with Gasteiger partial charge in [0.1, 0.15) is 0 Å². The number of carbonyl (C=O) groups is 2. The van der Waals surface area contributed by atoms with E-state index in [1.807, 2.05) is 18.2 Å². The fourth-order valence-electron chi connectivity index (χ4n) is 1.69. The van der Waals surface area contributed by atoms with Gasteiger partial charge in [0.25, 0.3) is 0 Å². The average molecular weight is 329 g/mol. The summed E-state index contributed by atoms with van der Waals surface area (Å²) in [5.74, 6) is -0.494.